The number of ether oxygens (including phenoxy) is 2. The molecule has 0 atom stereocenters. The lowest BCUT2D eigenvalue weighted by Crippen LogP contribution is -2.31. The van der Waals surface area contributed by atoms with Gasteiger partial charge in [0.25, 0.3) is 5.91 Å². The molecule has 1 aliphatic rings. The van der Waals surface area contributed by atoms with Crippen molar-refractivity contribution < 1.29 is 23.0 Å². The van der Waals surface area contributed by atoms with Gasteiger partial charge in [0.1, 0.15) is 23.9 Å². The molecular weight excluding hydrogens is 410 g/mol. The van der Waals surface area contributed by atoms with Crippen molar-refractivity contribution in [2.75, 3.05) is 13.7 Å². The van der Waals surface area contributed by atoms with Gasteiger partial charge in [-0.25, -0.2) is 8.78 Å². The zero-order chi connectivity index (χ0) is 21.7. The highest BCUT2D eigenvalue weighted by Crippen LogP contribution is 2.25. The molecule has 3 rings (SSSR count). The Balaban J connectivity index is 1.79. The van der Waals surface area contributed by atoms with Crippen LogP contribution in [0.15, 0.2) is 42.1 Å². The summed E-state index contributed by atoms with van der Waals surface area (Å²) in [5.41, 5.74) is 1.76. The molecule has 0 bridgehead atoms. The largest absolute Gasteiger partial charge is 0.496 e. The number of rotatable bonds is 8. The predicted octanol–water partition coefficient (Wildman–Crippen LogP) is 4.41. The third kappa shape index (κ3) is 4.94. The second-order valence-electron chi connectivity index (χ2n) is 6.73. The number of amides is 1. The van der Waals surface area contributed by atoms with Gasteiger partial charge in [0.05, 0.1) is 7.11 Å². The average Bonchev–Trinajstić information content (AvgIpc) is 2.98. The molecule has 0 aromatic heterocycles. The molecule has 1 fully saturated rings. The minimum Gasteiger partial charge on any atom is -0.496 e. The lowest BCUT2D eigenvalue weighted by Gasteiger charge is -2.12. The van der Waals surface area contributed by atoms with Crippen LogP contribution < -0.4 is 14.8 Å². The summed E-state index contributed by atoms with van der Waals surface area (Å²) < 4.78 is 37.7. The van der Waals surface area contributed by atoms with Crippen LogP contribution in [0.2, 0.25) is 0 Å². The molecule has 30 heavy (non-hydrogen) atoms. The van der Waals surface area contributed by atoms with E-state index in [0.717, 1.165) is 30.5 Å². The maximum Gasteiger partial charge on any atom is 0.276 e. The lowest BCUT2D eigenvalue weighted by atomic mass is 10.1. The van der Waals surface area contributed by atoms with E-state index in [-0.39, 0.29) is 18.3 Å². The number of hydrogen-bond acceptors (Lipinski definition) is 4. The van der Waals surface area contributed by atoms with Crippen LogP contribution in [0, 0.1) is 11.6 Å². The van der Waals surface area contributed by atoms with E-state index in [0.29, 0.717) is 28.7 Å². The van der Waals surface area contributed by atoms with Crippen LogP contribution in [0.25, 0.3) is 6.08 Å². The standard InChI is InChI=1S/C22H22F2N2O3S/c1-3-4-9-26-21(27)18(25-22(26)30)11-14-5-7-19(28-2)15(10-14)13-29-20-8-6-16(23)12-17(20)24/h5-8,10-12H,3-4,9,13H2,1-2H3,(H,25,30)/b18-11+. The van der Waals surface area contributed by atoms with Crippen LogP contribution in [-0.4, -0.2) is 29.6 Å². The highest BCUT2D eigenvalue weighted by Gasteiger charge is 2.29. The van der Waals surface area contributed by atoms with Crippen LogP contribution in [-0.2, 0) is 11.4 Å². The molecule has 1 amide bonds. The van der Waals surface area contributed by atoms with Crippen LogP contribution in [0.1, 0.15) is 30.9 Å². The topological polar surface area (TPSA) is 50.8 Å². The zero-order valence-corrected chi connectivity index (χ0v) is 17.5. The van der Waals surface area contributed by atoms with E-state index >= 15 is 0 Å². The number of carbonyl (C=O) groups is 1. The van der Waals surface area contributed by atoms with E-state index in [1.807, 2.05) is 6.92 Å². The molecule has 8 heteroatoms. The van der Waals surface area contributed by atoms with Crippen molar-refractivity contribution in [2.24, 2.45) is 0 Å². The lowest BCUT2D eigenvalue weighted by molar-refractivity contribution is -0.122. The first-order chi connectivity index (χ1) is 14.4. The molecule has 0 aliphatic carbocycles. The Morgan fingerprint density at radius 3 is 2.63 bits per heavy atom. The van der Waals surface area contributed by atoms with Gasteiger partial charge in [-0.3, -0.25) is 9.69 Å². The Morgan fingerprint density at radius 2 is 1.93 bits per heavy atom. The van der Waals surface area contributed by atoms with Crippen molar-refractivity contribution in [1.29, 1.82) is 0 Å². The highest BCUT2D eigenvalue weighted by molar-refractivity contribution is 7.80. The molecule has 1 aliphatic heterocycles. The van der Waals surface area contributed by atoms with Crippen molar-refractivity contribution in [3.63, 3.8) is 0 Å². The van der Waals surface area contributed by atoms with Gasteiger partial charge in [0.15, 0.2) is 16.7 Å². The maximum absolute atomic E-state index is 13.8. The van der Waals surface area contributed by atoms with Crippen LogP contribution in [0.5, 0.6) is 11.5 Å². The molecule has 1 saturated heterocycles. The van der Waals surface area contributed by atoms with Gasteiger partial charge in [0, 0.05) is 18.2 Å². The Bertz CT molecular complexity index is 994. The predicted molar refractivity (Wildman–Crippen MR) is 114 cm³/mol. The van der Waals surface area contributed by atoms with Gasteiger partial charge in [-0.15, -0.1) is 0 Å². The fourth-order valence-electron chi connectivity index (χ4n) is 3.01. The summed E-state index contributed by atoms with van der Waals surface area (Å²) >= 11 is 5.26. The summed E-state index contributed by atoms with van der Waals surface area (Å²) in [6, 6.07) is 8.42. The summed E-state index contributed by atoms with van der Waals surface area (Å²) in [4.78, 5) is 14.1. The van der Waals surface area contributed by atoms with Crippen molar-refractivity contribution >= 4 is 29.3 Å². The summed E-state index contributed by atoms with van der Waals surface area (Å²) in [5, 5.41) is 3.34. The number of thiocarbonyl (C=S) groups is 1. The Hall–Kier alpha value is -3.00. The molecule has 158 valence electrons. The number of halogens is 2. The summed E-state index contributed by atoms with van der Waals surface area (Å²) in [6.07, 6.45) is 3.52. The molecular formula is C22H22F2N2O3S. The van der Waals surface area contributed by atoms with E-state index in [1.54, 1.807) is 29.2 Å². The highest BCUT2D eigenvalue weighted by atomic mass is 32.1. The van der Waals surface area contributed by atoms with Gasteiger partial charge >= 0.3 is 0 Å². The molecule has 1 N–H and O–H groups in total. The van der Waals surface area contributed by atoms with Crippen molar-refractivity contribution in [2.45, 2.75) is 26.4 Å². The van der Waals surface area contributed by atoms with Crippen molar-refractivity contribution in [1.82, 2.24) is 10.2 Å². The van der Waals surface area contributed by atoms with Gasteiger partial charge in [-0.2, -0.15) is 0 Å². The molecule has 5 nitrogen and oxygen atoms in total. The van der Waals surface area contributed by atoms with E-state index in [9.17, 15) is 13.6 Å². The van der Waals surface area contributed by atoms with E-state index in [1.165, 1.54) is 13.2 Å². The summed E-state index contributed by atoms with van der Waals surface area (Å²) in [6.45, 7) is 2.63. The first kappa shape index (κ1) is 21.7. The van der Waals surface area contributed by atoms with Crippen molar-refractivity contribution in [3.8, 4) is 11.5 Å². The summed E-state index contributed by atoms with van der Waals surface area (Å²) in [7, 11) is 1.52. The molecule has 0 spiro atoms. The number of benzene rings is 2. The number of nitrogens with zero attached hydrogens (tertiary/aromatic N) is 1. The van der Waals surface area contributed by atoms with Gasteiger partial charge in [-0.1, -0.05) is 19.4 Å². The molecule has 0 unspecified atom stereocenters. The second-order valence-corrected chi connectivity index (χ2v) is 7.12. The maximum atomic E-state index is 13.8. The van der Waals surface area contributed by atoms with Crippen LogP contribution in [0.4, 0.5) is 8.78 Å². The number of hydrogen-bond donors (Lipinski definition) is 1. The smallest absolute Gasteiger partial charge is 0.276 e. The quantitative estimate of drug-likeness (QED) is 0.495. The monoisotopic (exact) mass is 432 g/mol. The molecule has 0 saturated carbocycles. The van der Waals surface area contributed by atoms with Crippen LogP contribution in [0.3, 0.4) is 0 Å². The molecule has 1 heterocycles. The number of nitrogens with one attached hydrogen (secondary N) is 1. The first-order valence-corrected chi connectivity index (χ1v) is 9.93. The number of carbonyl (C=O) groups excluding carboxylic acids is 1. The number of unbranched alkanes of at least 4 members (excludes halogenated alkanes) is 1. The Labute approximate surface area is 179 Å². The van der Waals surface area contributed by atoms with Crippen molar-refractivity contribution in [3.05, 3.63) is 64.9 Å². The second kappa shape index (κ2) is 9.67. The minimum atomic E-state index is -0.784. The van der Waals surface area contributed by atoms with Gasteiger partial charge < -0.3 is 14.8 Å². The zero-order valence-electron chi connectivity index (χ0n) is 16.7. The molecule has 2 aromatic carbocycles. The van der Waals surface area contributed by atoms with E-state index in [4.69, 9.17) is 21.7 Å². The third-order valence-corrected chi connectivity index (χ3v) is 4.91. The first-order valence-electron chi connectivity index (χ1n) is 9.52. The molecule has 2 aromatic rings. The van der Waals surface area contributed by atoms with Gasteiger partial charge in [0.2, 0.25) is 0 Å². The Morgan fingerprint density at radius 1 is 1.17 bits per heavy atom. The van der Waals surface area contributed by atoms with Crippen LogP contribution >= 0.6 is 12.2 Å². The third-order valence-electron chi connectivity index (χ3n) is 4.59. The SMILES string of the molecule is CCCCN1C(=O)/C(=C\c2ccc(OC)c(COc3ccc(F)cc3F)c2)NC1=S. The fraction of sp³-hybridized carbons (Fsp3) is 0.273. The summed E-state index contributed by atoms with van der Waals surface area (Å²) in [5.74, 6) is -1.15. The minimum absolute atomic E-state index is 0.00511. The Kier molecular flexibility index (Phi) is 6.99. The normalized spacial score (nSPS) is 14.9. The number of methoxy groups -OCH3 is 1. The average molecular weight is 432 g/mol. The van der Waals surface area contributed by atoms with E-state index in [2.05, 4.69) is 5.32 Å². The molecule has 0 radical (unpaired) electrons. The fourth-order valence-corrected chi connectivity index (χ4v) is 3.29. The van der Waals surface area contributed by atoms with E-state index < -0.39 is 11.6 Å². The van der Waals surface area contributed by atoms with Gasteiger partial charge in [-0.05, 0) is 54.5 Å².